The van der Waals surface area contributed by atoms with Crippen LogP contribution in [0.4, 0.5) is 22.4 Å². The molecule has 33 heavy (non-hydrogen) atoms. The fourth-order valence-corrected chi connectivity index (χ4v) is 4.37. The summed E-state index contributed by atoms with van der Waals surface area (Å²) in [7, 11) is 4.90. The number of carbonyl (C=O) groups is 1. The zero-order chi connectivity index (χ0) is 24.2. The molecule has 0 spiro atoms. The normalized spacial score (nSPS) is 18.2. The van der Waals surface area contributed by atoms with E-state index in [0.29, 0.717) is 25.0 Å². The number of alkyl halides is 2. The SMILES string of the molecule is CN(CCCC1(c2ccccc2)C=C(c2cc(F)ccc2F)CN1C(=O)N(C)C)CC(F)F. The third-order valence-corrected chi connectivity index (χ3v) is 5.93. The van der Waals surface area contributed by atoms with Gasteiger partial charge in [-0.05, 0) is 61.8 Å². The molecule has 1 aliphatic rings. The lowest BCUT2D eigenvalue weighted by molar-refractivity contribution is 0.0953. The van der Waals surface area contributed by atoms with Crippen molar-refractivity contribution in [3.8, 4) is 0 Å². The van der Waals surface area contributed by atoms with E-state index in [4.69, 9.17) is 0 Å². The second-order valence-corrected chi connectivity index (χ2v) is 8.60. The number of rotatable bonds is 8. The molecule has 2 amide bonds. The van der Waals surface area contributed by atoms with Gasteiger partial charge in [0, 0.05) is 26.2 Å². The Bertz CT molecular complexity index is 996. The van der Waals surface area contributed by atoms with Crippen molar-refractivity contribution in [1.82, 2.24) is 14.7 Å². The summed E-state index contributed by atoms with van der Waals surface area (Å²) in [5.41, 5.74) is 0.511. The summed E-state index contributed by atoms with van der Waals surface area (Å²) < 4.78 is 54.1. The minimum atomic E-state index is -2.43. The van der Waals surface area contributed by atoms with Crippen LogP contribution in [-0.2, 0) is 5.54 Å². The smallest absolute Gasteiger partial charge is 0.320 e. The van der Waals surface area contributed by atoms with Crippen LogP contribution in [0.2, 0.25) is 0 Å². The fraction of sp³-hybridized carbons (Fsp3) is 0.400. The van der Waals surface area contributed by atoms with Gasteiger partial charge in [0.25, 0.3) is 6.43 Å². The summed E-state index contributed by atoms with van der Waals surface area (Å²) >= 11 is 0. The second-order valence-electron chi connectivity index (χ2n) is 8.60. The molecule has 1 unspecified atom stereocenters. The first-order chi connectivity index (χ1) is 15.6. The molecule has 0 fully saturated rings. The van der Waals surface area contributed by atoms with Crippen molar-refractivity contribution in [3.63, 3.8) is 0 Å². The lowest BCUT2D eigenvalue weighted by Gasteiger charge is -2.40. The monoisotopic (exact) mass is 463 g/mol. The van der Waals surface area contributed by atoms with Gasteiger partial charge in [-0.3, -0.25) is 0 Å². The molecule has 0 bridgehead atoms. The summed E-state index contributed by atoms with van der Waals surface area (Å²) in [6.07, 6.45) is 0.350. The summed E-state index contributed by atoms with van der Waals surface area (Å²) in [4.78, 5) is 17.9. The molecular formula is C25H29F4N3O. The summed E-state index contributed by atoms with van der Waals surface area (Å²) in [5.74, 6) is -1.14. The molecule has 2 aromatic carbocycles. The third kappa shape index (κ3) is 5.55. The average Bonchev–Trinajstić information content (AvgIpc) is 3.15. The van der Waals surface area contributed by atoms with E-state index in [1.807, 2.05) is 36.4 Å². The number of carbonyl (C=O) groups excluding carboxylic acids is 1. The quantitative estimate of drug-likeness (QED) is 0.502. The molecule has 1 atom stereocenters. The number of nitrogens with zero attached hydrogens (tertiary/aromatic N) is 3. The van der Waals surface area contributed by atoms with Crippen LogP contribution >= 0.6 is 0 Å². The van der Waals surface area contributed by atoms with Crippen molar-refractivity contribution in [1.29, 1.82) is 0 Å². The first kappa shape index (κ1) is 24.8. The number of urea groups is 1. The zero-order valence-corrected chi connectivity index (χ0v) is 19.1. The maximum Gasteiger partial charge on any atom is 0.320 e. The van der Waals surface area contributed by atoms with Crippen LogP contribution in [0.15, 0.2) is 54.6 Å². The predicted molar refractivity (Wildman–Crippen MR) is 121 cm³/mol. The average molecular weight is 464 g/mol. The van der Waals surface area contributed by atoms with Crippen molar-refractivity contribution in [2.45, 2.75) is 24.8 Å². The molecule has 1 aliphatic heterocycles. The highest BCUT2D eigenvalue weighted by Crippen LogP contribution is 2.44. The second kappa shape index (κ2) is 10.4. The topological polar surface area (TPSA) is 26.8 Å². The first-order valence-corrected chi connectivity index (χ1v) is 10.8. The molecule has 4 nitrogen and oxygen atoms in total. The minimum absolute atomic E-state index is 0.0964. The van der Waals surface area contributed by atoms with Crippen LogP contribution in [0.25, 0.3) is 5.57 Å². The maximum atomic E-state index is 14.6. The van der Waals surface area contributed by atoms with Crippen LogP contribution < -0.4 is 0 Å². The van der Waals surface area contributed by atoms with Crippen LogP contribution in [0.3, 0.4) is 0 Å². The Morgan fingerprint density at radius 1 is 1.09 bits per heavy atom. The first-order valence-electron chi connectivity index (χ1n) is 10.8. The molecule has 178 valence electrons. The summed E-state index contributed by atoms with van der Waals surface area (Å²) in [5, 5.41) is 0. The van der Waals surface area contributed by atoms with Crippen LogP contribution in [0.1, 0.15) is 24.0 Å². The number of hydrogen-bond donors (Lipinski definition) is 0. The Kier molecular flexibility index (Phi) is 7.79. The van der Waals surface area contributed by atoms with Gasteiger partial charge in [-0.15, -0.1) is 0 Å². The van der Waals surface area contributed by atoms with Crippen LogP contribution in [0.5, 0.6) is 0 Å². The standard InChI is InChI=1S/C25H29F4N3O/c1-30(2)24(33)32-16-18(21-14-20(26)10-11-22(21)27)15-25(32,19-8-5-4-6-9-19)12-7-13-31(3)17-23(28)29/h4-6,8-11,14-15,23H,7,12-13,16-17H2,1-3H3. The minimum Gasteiger partial charge on any atom is -0.331 e. The van der Waals surface area contributed by atoms with Crippen molar-refractivity contribution < 1.29 is 22.4 Å². The Balaban J connectivity index is 2.06. The molecule has 1 heterocycles. The van der Waals surface area contributed by atoms with Crippen molar-refractivity contribution in [2.75, 3.05) is 40.8 Å². The van der Waals surface area contributed by atoms with Crippen molar-refractivity contribution >= 4 is 11.6 Å². The molecule has 2 aromatic rings. The zero-order valence-electron chi connectivity index (χ0n) is 19.1. The van der Waals surface area contributed by atoms with Gasteiger partial charge in [0.1, 0.15) is 11.6 Å². The molecular weight excluding hydrogens is 434 g/mol. The van der Waals surface area contributed by atoms with Gasteiger partial charge in [-0.1, -0.05) is 30.3 Å². The summed E-state index contributed by atoms with van der Waals surface area (Å²) in [6, 6.07) is 12.3. The Hall–Kier alpha value is -2.87. The van der Waals surface area contributed by atoms with Gasteiger partial charge in [0.05, 0.1) is 12.1 Å². The van der Waals surface area contributed by atoms with Crippen LogP contribution in [-0.4, -0.2) is 67.9 Å². The number of amides is 2. The molecule has 8 heteroatoms. The lowest BCUT2D eigenvalue weighted by Crippen LogP contribution is -2.49. The molecule has 0 saturated carbocycles. The van der Waals surface area contributed by atoms with E-state index >= 15 is 0 Å². The van der Waals surface area contributed by atoms with Gasteiger partial charge < -0.3 is 14.7 Å². The number of hydrogen-bond acceptors (Lipinski definition) is 2. The highest BCUT2D eigenvalue weighted by molar-refractivity contribution is 5.83. The van der Waals surface area contributed by atoms with Gasteiger partial charge in [-0.2, -0.15) is 0 Å². The van der Waals surface area contributed by atoms with E-state index in [-0.39, 0.29) is 24.7 Å². The Morgan fingerprint density at radius 3 is 2.42 bits per heavy atom. The van der Waals surface area contributed by atoms with E-state index in [9.17, 15) is 22.4 Å². The summed E-state index contributed by atoms with van der Waals surface area (Å²) in [6.45, 7) is 0.161. The maximum absolute atomic E-state index is 14.6. The van der Waals surface area contributed by atoms with Gasteiger partial charge in [0.2, 0.25) is 0 Å². The van der Waals surface area contributed by atoms with Gasteiger partial charge >= 0.3 is 6.03 Å². The molecule has 0 aliphatic carbocycles. The van der Waals surface area contributed by atoms with E-state index in [2.05, 4.69) is 0 Å². The van der Waals surface area contributed by atoms with E-state index < -0.39 is 23.6 Å². The van der Waals surface area contributed by atoms with Crippen molar-refractivity contribution in [3.05, 3.63) is 77.4 Å². The van der Waals surface area contributed by atoms with E-state index in [0.717, 1.165) is 23.8 Å². The number of halogens is 4. The highest BCUT2D eigenvalue weighted by Gasteiger charge is 2.45. The molecule has 0 radical (unpaired) electrons. The van der Waals surface area contributed by atoms with E-state index in [1.54, 1.807) is 30.9 Å². The Labute approximate surface area is 192 Å². The lowest BCUT2D eigenvalue weighted by atomic mass is 9.84. The van der Waals surface area contributed by atoms with Crippen molar-refractivity contribution in [2.24, 2.45) is 0 Å². The van der Waals surface area contributed by atoms with Crippen LogP contribution in [0, 0.1) is 11.6 Å². The third-order valence-electron chi connectivity index (χ3n) is 5.93. The number of benzene rings is 2. The fourth-order valence-electron chi connectivity index (χ4n) is 4.37. The predicted octanol–water partition coefficient (Wildman–Crippen LogP) is 5.22. The van der Waals surface area contributed by atoms with Gasteiger partial charge in [-0.25, -0.2) is 22.4 Å². The molecule has 0 N–H and O–H groups in total. The van der Waals surface area contributed by atoms with Gasteiger partial charge in [0.15, 0.2) is 0 Å². The molecule has 0 aromatic heterocycles. The molecule has 3 rings (SSSR count). The highest BCUT2D eigenvalue weighted by atomic mass is 19.3. The largest absolute Gasteiger partial charge is 0.331 e. The Morgan fingerprint density at radius 2 is 1.79 bits per heavy atom. The molecule has 0 saturated heterocycles. The van der Waals surface area contributed by atoms with E-state index in [1.165, 1.54) is 4.90 Å².